The molecule has 1 aromatic heterocycles. The van der Waals surface area contributed by atoms with Gasteiger partial charge in [0.1, 0.15) is 5.82 Å². The summed E-state index contributed by atoms with van der Waals surface area (Å²) in [7, 11) is 1.77. The molecular weight excluding hydrogens is 412 g/mol. The summed E-state index contributed by atoms with van der Waals surface area (Å²) in [6.45, 7) is 3.21. The molecule has 31 heavy (non-hydrogen) atoms. The lowest BCUT2D eigenvalue weighted by Crippen LogP contribution is -2.45. The van der Waals surface area contributed by atoms with Gasteiger partial charge in [-0.25, -0.2) is 4.98 Å². The zero-order valence-corrected chi connectivity index (χ0v) is 18.6. The predicted octanol–water partition coefficient (Wildman–Crippen LogP) is 2.85. The Balaban J connectivity index is 1.19. The van der Waals surface area contributed by atoms with Crippen molar-refractivity contribution < 1.29 is 4.79 Å². The van der Waals surface area contributed by atoms with Crippen molar-refractivity contribution in [3.05, 3.63) is 53.2 Å². The summed E-state index contributed by atoms with van der Waals surface area (Å²) >= 11 is 6.28. The SMILES string of the molecule is CN=C(NCCCC(=O)N1CCc2ccccc21)NC1CCN(c2ncccc2Cl)C1. The van der Waals surface area contributed by atoms with Gasteiger partial charge >= 0.3 is 0 Å². The molecule has 1 aromatic carbocycles. The molecule has 2 aliphatic rings. The van der Waals surface area contributed by atoms with Crippen LogP contribution in [0.1, 0.15) is 24.8 Å². The number of aromatic nitrogens is 1. The predicted molar refractivity (Wildman–Crippen MR) is 126 cm³/mol. The van der Waals surface area contributed by atoms with Crippen LogP contribution in [0.2, 0.25) is 5.02 Å². The van der Waals surface area contributed by atoms with Crippen LogP contribution in [0.25, 0.3) is 0 Å². The summed E-state index contributed by atoms with van der Waals surface area (Å²) in [6, 6.07) is 12.1. The molecule has 1 amide bonds. The third-order valence-electron chi connectivity index (χ3n) is 5.84. The number of carbonyl (C=O) groups is 1. The molecule has 8 heteroatoms. The van der Waals surface area contributed by atoms with E-state index in [0.717, 1.165) is 56.4 Å². The Kier molecular flexibility index (Phi) is 6.92. The van der Waals surface area contributed by atoms with Crippen LogP contribution in [0.5, 0.6) is 0 Å². The molecular formula is C23H29ClN6O. The van der Waals surface area contributed by atoms with Crippen LogP contribution in [0.3, 0.4) is 0 Å². The topological polar surface area (TPSA) is 72.9 Å². The van der Waals surface area contributed by atoms with Gasteiger partial charge in [0, 0.05) is 57.6 Å². The summed E-state index contributed by atoms with van der Waals surface area (Å²) in [4.78, 5) is 25.5. The Morgan fingerprint density at radius 2 is 2.13 bits per heavy atom. The molecule has 7 nitrogen and oxygen atoms in total. The second kappa shape index (κ2) is 10.0. The van der Waals surface area contributed by atoms with Crippen LogP contribution in [-0.4, -0.2) is 56.1 Å². The number of amides is 1. The summed E-state index contributed by atoms with van der Waals surface area (Å²) in [5.41, 5.74) is 2.33. The van der Waals surface area contributed by atoms with E-state index in [1.54, 1.807) is 13.2 Å². The fraction of sp³-hybridized carbons (Fsp3) is 0.435. The molecule has 1 atom stereocenters. The van der Waals surface area contributed by atoms with E-state index in [1.165, 1.54) is 5.56 Å². The first-order valence-electron chi connectivity index (χ1n) is 10.9. The first-order chi connectivity index (χ1) is 15.2. The molecule has 4 rings (SSSR count). The molecule has 2 aliphatic heterocycles. The average Bonchev–Trinajstić information content (AvgIpc) is 3.43. The van der Waals surface area contributed by atoms with Crippen LogP contribution in [0.15, 0.2) is 47.6 Å². The molecule has 2 aromatic rings. The molecule has 0 aliphatic carbocycles. The summed E-state index contributed by atoms with van der Waals surface area (Å²) in [6.07, 6.45) is 4.98. The van der Waals surface area contributed by atoms with Gasteiger partial charge in [0.15, 0.2) is 5.96 Å². The van der Waals surface area contributed by atoms with Crippen molar-refractivity contribution in [1.82, 2.24) is 15.6 Å². The maximum Gasteiger partial charge on any atom is 0.227 e. The highest BCUT2D eigenvalue weighted by Gasteiger charge is 2.26. The lowest BCUT2D eigenvalue weighted by atomic mass is 10.2. The number of guanidine groups is 1. The van der Waals surface area contributed by atoms with Crippen LogP contribution in [0.4, 0.5) is 11.5 Å². The van der Waals surface area contributed by atoms with Crippen molar-refractivity contribution >= 4 is 35.0 Å². The number of nitrogens with one attached hydrogen (secondary N) is 2. The van der Waals surface area contributed by atoms with E-state index in [0.29, 0.717) is 18.0 Å². The van der Waals surface area contributed by atoms with Gasteiger partial charge in [-0.05, 0) is 43.0 Å². The van der Waals surface area contributed by atoms with Crippen molar-refractivity contribution in [3.8, 4) is 0 Å². The molecule has 1 saturated heterocycles. The Morgan fingerprint density at radius 1 is 1.26 bits per heavy atom. The van der Waals surface area contributed by atoms with Gasteiger partial charge in [-0.15, -0.1) is 0 Å². The van der Waals surface area contributed by atoms with Gasteiger partial charge in [-0.1, -0.05) is 29.8 Å². The number of aliphatic imine (C=N–C) groups is 1. The van der Waals surface area contributed by atoms with Crippen molar-refractivity contribution in [1.29, 1.82) is 0 Å². The van der Waals surface area contributed by atoms with Crippen LogP contribution in [-0.2, 0) is 11.2 Å². The molecule has 1 unspecified atom stereocenters. The fourth-order valence-corrected chi connectivity index (χ4v) is 4.49. The number of anilines is 2. The van der Waals surface area contributed by atoms with Gasteiger partial charge < -0.3 is 20.4 Å². The molecule has 0 radical (unpaired) electrons. The quantitative estimate of drug-likeness (QED) is 0.410. The first kappa shape index (κ1) is 21.4. The zero-order chi connectivity index (χ0) is 21.6. The van der Waals surface area contributed by atoms with E-state index in [2.05, 4.69) is 31.6 Å². The van der Waals surface area contributed by atoms with Crippen molar-refractivity contribution in [3.63, 3.8) is 0 Å². The maximum atomic E-state index is 12.6. The molecule has 0 saturated carbocycles. The summed E-state index contributed by atoms with van der Waals surface area (Å²) in [5.74, 6) is 1.78. The molecule has 0 spiro atoms. The third kappa shape index (κ3) is 5.10. The van der Waals surface area contributed by atoms with E-state index in [-0.39, 0.29) is 11.9 Å². The van der Waals surface area contributed by atoms with Crippen molar-refractivity contribution in [2.75, 3.05) is 43.0 Å². The highest BCUT2D eigenvalue weighted by molar-refractivity contribution is 6.32. The summed E-state index contributed by atoms with van der Waals surface area (Å²) < 4.78 is 0. The normalized spacial score (nSPS) is 18.3. The number of carbonyl (C=O) groups excluding carboxylic acids is 1. The third-order valence-corrected chi connectivity index (χ3v) is 6.13. The van der Waals surface area contributed by atoms with Gasteiger partial charge in [0.25, 0.3) is 0 Å². The highest BCUT2D eigenvalue weighted by atomic mass is 35.5. The lowest BCUT2D eigenvalue weighted by Gasteiger charge is -2.20. The van der Waals surface area contributed by atoms with E-state index < -0.39 is 0 Å². The fourth-order valence-electron chi connectivity index (χ4n) is 4.25. The minimum absolute atomic E-state index is 0.188. The number of halogens is 1. The number of pyridine rings is 1. The minimum atomic E-state index is 0.188. The second-order valence-corrected chi connectivity index (χ2v) is 8.32. The minimum Gasteiger partial charge on any atom is -0.356 e. The van der Waals surface area contributed by atoms with E-state index in [9.17, 15) is 4.79 Å². The Hall–Kier alpha value is -2.80. The number of rotatable bonds is 6. The Morgan fingerprint density at radius 3 is 2.97 bits per heavy atom. The largest absolute Gasteiger partial charge is 0.356 e. The van der Waals surface area contributed by atoms with Crippen LogP contribution < -0.4 is 20.4 Å². The smallest absolute Gasteiger partial charge is 0.227 e. The molecule has 164 valence electrons. The van der Waals surface area contributed by atoms with Crippen molar-refractivity contribution in [2.24, 2.45) is 4.99 Å². The molecule has 0 bridgehead atoms. The van der Waals surface area contributed by atoms with Gasteiger partial charge in [0.05, 0.1) is 5.02 Å². The number of nitrogens with zero attached hydrogens (tertiary/aromatic N) is 4. The number of hydrogen-bond donors (Lipinski definition) is 2. The van der Waals surface area contributed by atoms with Gasteiger partial charge in [-0.2, -0.15) is 0 Å². The van der Waals surface area contributed by atoms with Crippen LogP contribution >= 0.6 is 11.6 Å². The monoisotopic (exact) mass is 440 g/mol. The van der Waals surface area contributed by atoms with Gasteiger partial charge in [-0.3, -0.25) is 9.79 Å². The van der Waals surface area contributed by atoms with E-state index in [1.807, 2.05) is 35.2 Å². The van der Waals surface area contributed by atoms with Crippen LogP contribution in [0, 0.1) is 0 Å². The first-order valence-corrected chi connectivity index (χ1v) is 11.2. The number of para-hydroxylation sites is 1. The molecule has 1 fully saturated rings. The standard InChI is InChI=1S/C23H29ClN6O/c1-25-23(28-18-11-14-29(16-18)22-19(24)7-4-12-26-22)27-13-5-9-21(31)30-15-10-17-6-2-3-8-20(17)30/h2-4,6-8,12,18H,5,9-11,13-16H2,1H3,(H2,25,27,28). The number of hydrogen-bond acceptors (Lipinski definition) is 4. The Labute approximate surface area is 188 Å². The maximum absolute atomic E-state index is 12.6. The molecule has 3 heterocycles. The zero-order valence-electron chi connectivity index (χ0n) is 17.9. The van der Waals surface area contributed by atoms with E-state index >= 15 is 0 Å². The lowest BCUT2D eigenvalue weighted by molar-refractivity contribution is -0.118. The molecule has 2 N–H and O–H groups in total. The second-order valence-electron chi connectivity index (χ2n) is 7.91. The van der Waals surface area contributed by atoms with Gasteiger partial charge in [0.2, 0.25) is 5.91 Å². The van der Waals surface area contributed by atoms with E-state index in [4.69, 9.17) is 11.6 Å². The summed E-state index contributed by atoms with van der Waals surface area (Å²) in [5, 5.41) is 7.48. The number of benzene rings is 1. The Bertz CT molecular complexity index is 949. The van der Waals surface area contributed by atoms with Crippen molar-refractivity contribution in [2.45, 2.75) is 31.7 Å². The average molecular weight is 441 g/mol. The highest BCUT2D eigenvalue weighted by Crippen LogP contribution is 2.28. The number of fused-ring (bicyclic) bond motifs is 1.